The Morgan fingerprint density at radius 2 is 1.95 bits per heavy atom. The minimum absolute atomic E-state index is 0.112. The Kier molecular flexibility index (Phi) is 7.49. The molecule has 120 valence electrons. The summed E-state index contributed by atoms with van der Waals surface area (Å²) < 4.78 is 33.9. The fraction of sp³-hybridized carbons (Fsp3) is 0.600. The van der Waals surface area contributed by atoms with Crippen LogP contribution in [-0.2, 0) is 13.8 Å². The normalized spacial score (nSPS) is 13.1. The van der Waals surface area contributed by atoms with Crippen molar-refractivity contribution in [2.24, 2.45) is 0 Å². The minimum atomic E-state index is -3.72. The van der Waals surface area contributed by atoms with E-state index in [0.29, 0.717) is 25.6 Å². The fourth-order valence-corrected chi connectivity index (χ4v) is 2.69. The van der Waals surface area contributed by atoms with Gasteiger partial charge in [0.2, 0.25) is 0 Å². The maximum absolute atomic E-state index is 11.4. The third-order valence-electron chi connectivity index (χ3n) is 3.30. The van der Waals surface area contributed by atoms with Gasteiger partial charge in [-0.05, 0) is 43.0 Å². The molecule has 0 saturated carbocycles. The van der Waals surface area contributed by atoms with Crippen molar-refractivity contribution in [3.63, 3.8) is 0 Å². The van der Waals surface area contributed by atoms with Gasteiger partial charge in [0, 0.05) is 30.3 Å². The van der Waals surface area contributed by atoms with E-state index in [4.69, 9.17) is 20.2 Å². The predicted octanol–water partition coefficient (Wildman–Crippen LogP) is 3.93. The van der Waals surface area contributed by atoms with E-state index in [0.717, 1.165) is 18.4 Å². The summed E-state index contributed by atoms with van der Waals surface area (Å²) in [5.41, 5.74) is 0.871. The Bertz CT molecular complexity index is 543. The van der Waals surface area contributed by atoms with Crippen molar-refractivity contribution in [1.29, 1.82) is 0 Å². The molecule has 0 N–H and O–H groups in total. The van der Waals surface area contributed by atoms with Gasteiger partial charge in [-0.25, -0.2) is 8.42 Å². The van der Waals surface area contributed by atoms with Crippen LogP contribution in [0.3, 0.4) is 0 Å². The topological polar surface area (TPSA) is 52.6 Å². The molecule has 6 heteroatoms. The average Bonchev–Trinajstić information content (AvgIpc) is 2.45. The molecule has 1 atom stereocenters. The van der Waals surface area contributed by atoms with Crippen LogP contribution in [0.2, 0.25) is 0 Å². The molecule has 0 aliphatic rings. The van der Waals surface area contributed by atoms with Crippen molar-refractivity contribution >= 4 is 19.7 Å². The molecule has 0 fully saturated rings. The third kappa shape index (κ3) is 5.85. The highest BCUT2D eigenvalue weighted by atomic mass is 35.7. The smallest absolute Gasteiger partial charge is 0.261 e. The number of hydrogen-bond donors (Lipinski definition) is 0. The number of ether oxygens (including phenoxy) is 2. The van der Waals surface area contributed by atoms with Crippen molar-refractivity contribution in [1.82, 2.24) is 0 Å². The van der Waals surface area contributed by atoms with E-state index in [2.05, 4.69) is 0 Å². The lowest BCUT2D eigenvalue weighted by molar-refractivity contribution is 0.130. The van der Waals surface area contributed by atoms with Crippen LogP contribution in [0.25, 0.3) is 0 Å². The van der Waals surface area contributed by atoms with Crippen LogP contribution in [0.1, 0.15) is 45.1 Å². The molecule has 1 rings (SSSR count). The molecule has 1 aromatic rings. The summed E-state index contributed by atoms with van der Waals surface area (Å²) in [6.07, 6.45) is 1.68. The van der Waals surface area contributed by atoms with Crippen molar-refractivity contribution in [2.75, 3.05) is 19.8 Å². The molecule has 0 heterocycles. The van der Waals surface area contributed by atoms with Crippen LogP contribution in [0.5, 0.6) is 5.75 Å². The van der Waals surface area contributed by atoms with E-state index in [9.17, 15) is 8.42 Å². The average molecular weight is 335 g/mol. The maximum atomic E-state index is 11.4. The van der Waals surface area contributed by atoms with E-state index < -0.39 is 9.05 Å². The lowest BCUT2D eigenvalue weighted by Crippen LogP contribution is -2.06. The largest absolute Gasteiger partial charge is 0.493 e. The third-order valence-corrected chi connectivity index (χ3v) is 4.65. The zero-order chi connectivity index (χ0) is 15.9. The molecule has 21 heavy (non-hydrogen) atoms. The quantitative estimate of drug-likeness (QED) is 0.507. The van der Waals surface area contributed by atoms with E-state index >= 15 is 0 Å². The Morgan fingerprint density at radius 1 is 1.24 bits per heavy atom. The standard InChI is InChI=1S/C15H23ClO4S/c1-4-12(3)14-11-13(21(16,17)18)7-8-15(14)20-10-6-9-19-5-2/h7-8,11-12H,4-6,9-10H2,1-3H3. The SMILES string of the molecule is CCOCCCOc1ccc(S(=O)(=O)Cl)cc1C(C)CC. The highest BCUT2D eigenvalue weighted by Gasteiger charge is 2.16. The predicted molar refractivity (Wildman–Crippen MR) is 84.8 cm³/mol. The lowest BCUT2D eigenvalue weighted by atomic mass is 9.98. The number of halogens is 1. The van der Waals surface area contributed by atoms with Crippen LogP contribution in [-0.4, -0.2) is 28.2 Å². The first kappa shape index (κ1) is 18.3. The van der Waals surface area contributed by atoms with Crippen molar-refractivity contribution in [3.8, 4) is 5.75 Å². The first-order valence-electron chi connectivity index (χ1n) is 7.19. The van der Waals surface area contributed by atoms with Crippen molar-refractivity contribution < 1.29 is 17.9 Å². The zero-order valence-corrected chi connectivity index (χ0v) is 14.3. The highest BCUT2D eigenvalue weighted by Crippen LogP contribution is 2.32. The van der Waals surface area contributed by atoms with Gasteiger partial charge in [-0.3, -0.25) is 0 Å². The molecule has 0 radical (unpaired) electrons. The molecule has 0 aliphatic carbocycles. The number of rotatable bonds is 9. The second kappa shape index (κ2) is 8.61. The molecule has 0 saturated heterocycles. The van der Waals surface area contributed by atoms with Crippen molar-refractivity contribution in [3.05, 3.63) is 23.8 Å². The molecule has 0 spiro atoms. The van der Waals surface area contributed by atoms with E-state index in [-0.39, 0.29) is 10.8 Å². The van der Waals surface area contributed by atoms with Crippen LogP contribution < -0.4 is 4.74 Å². The molecule has 0 aliphatic heterocycles. The minimum Gasteiger partial charge on any atom is -0.493 e. The number of benzene rings is 1. The van der Waals surface area contributed by atoms with Gasteiger partial charge in [0.25, 0.3) is 9.05 Å². The number of hydrogen-bond acceptors (Lipinski definition) is 4. The van der Waals surface area contributed by atoms with Gasteiger partial charge in [-0.15, -0.1) is 0 Å². The lowest BCUT2D eigenvalue weighted by Gasteiger charge is -2.16. The van der Waals surface area contributed by atoms with Gasteiger partial charge in [0.05, 0.1) is 11.5 Å². The second-order valence-corrected chi connectivity index (χ2v) is 7.41. The van der Waals surface area contributed by atoms with E-state index in [1.165, 1.54) is 6.07 Å². The Balaban J connectivity index is 2.87. The molecule has 1 aromatic carbocycles. The van der Waals surface area contributed by atoms with Gasteiger partial charge in [-0.2, -0.15) is 0 Å². The molecule has 0 aromatic heterocycles. The van der Waals surface area contributed by atoms with Crippen LogP contribution in [0.15, 0.2) is 23.1 Å². The maximum Gasteiger partial charge on any atom is 0.261 e. The van der Waals surface area contributed by atoms with Crippen LogP contribution in [0, 0.1) is 0 Å². The van der Waals surface area contributed by atoms with E-state index in [1.807, 2.05) is 20.8 Å². The fourth-order valence-electron chi connectivity index (χ4n) is 1.90. The summed E-state index contributed by atoms with van der Waals surface area (Å²) in [5.74, 6) is 0.912. The molecular formula is C15H23ClO4S. The Morgan fingerprint density at radius 3 is 2.52 bits per heavy atom. The summed E-state index contributed by atoms with van der Waals surface area (Å²) >= 11 is 0. The summed E-state index contributed by atoms with van der Waals surface area (Å²) in [5, 5.41) is 0. The molecular weight excluding hydrogens is 312 g/mol. The summed E-state index contributed by atoms with van der Waals surface area (Å²) in [7, 11) is 1.69. The monoisotopic (exact) mass is 334 g/mol. The highest BCUT2D eigenvalue weighted by molar-refractivity contribution is 8.13. The summed E-state index contributed by atoms with van der Waals surface area (Å²) in [6.45, 7) is 7.92. The molecule has 4 nitrogen and oxygen atoms in total. The zero-order valence-electron chi connectivity index (χ0n) is 12.8. The van der Waals surface area contributed by atoms with Crippen LogP contribution >= 0.6 is 10.7 Å². The summed E-state index contributed by atoms with van der Waals surface area (Å²) in [4.78, 5) is 0.112. The van der Waals surface area contributed by atoms with Gasteiger partial charge in [0.1, 0.15) is 5.75 Å². The van der Waals surface area contributed by atoms with Gasteiger partial charge in [0.15, 0.2) is 0 Å². The first-order valence-corrected chi connectivity index (χ1v) is 9.50. The first-order chi connectivity index (χ1) is 9.90. The Labute approximate surface area is 131 Å². The molecule has 1 unspecified atom stereocenters. The molecule has 0 bridgehead atoms. The molecule has 0 amide bonds. The second-order valence-electron chi connectivity index (χ2n) is 4.85. The summed E-state index contributed by atoms with van der Waals surface area (Å²) in [6, 6.07) is 4.76. The van der Waals surface area contributed by atoms with Gasteiger partial charge in [-0.1, -0.05) is 13.8 Å². The van der Waals surface area contributed by atoms with E-state index in [1.54, 1.807) is 12.1 Å². The van der Waals surface area contributed by atoms with Crippen LogP contribution in [0.4, 0.5) is 0 Å². The van der Waals surface area contributed by atoms with Gasteiger partial charge >= 0.3 is 0 Å². The Hall–Kier alpha value is -0.780. The van der Waals surface area contributed by atoms with Crippen molar-refractivity contribution in [2.45, 2.75) is 44.4 Å². The van der Waals surface area contributed by atoms with Gasteiger partial charge < -0.3 is 9.47 Å².